The summed E-state index contributed by atoms with van der Waals surface area (Å²) < 4.78 is 11.9. The number of aromatic nitrogens is 1. The summed E-state index contributed by atoms with van der Waals surface area (Å²) in [5, 5.41) is 18.9. The monoisotopic (exact) mass is 303 g/mol. The fourth-order valence-corrected chi connectivity index (χ4v) is 2.48. The van der Waals surface area contributed by atoms with Gasteiger partial charge in [0.2, 0.25) is 0 Å². The predicted molar refractivity (Wildman–Crippen MR) is 74.9 cm³/mol. The van der Waals surface area contributed by atoms with Crippen LogP contribution in [0.4, 0.5) is 0 Å². The highest BCUT2D eigenvalue weighted by atomic mass is 16.6. The van der Waals surface area contributed by atoms with Gasteiger partial charge in [-0.15, -0.1) is 0 Å². The number of rotatable bonds is 4. The summed E-state index contributed by atoms with van der Waals surface area (Å²) in [6.45, 7) is 0.465. The van der Waals surface area contributed by atoms with E-state index in [0.29, 0.717) is 0 Å². The summed E-state index contributed by atoms with van der Waals surface area (Å²) in [5.41, 5.74) is 0.353. The number of hydrogen-bond acceptors (Lipinski definition) is 4. The van der Waals surface area contributed by atoms with Gasteiger partial charge < -0.3 is 24.3 Å². The van der Waals surface area contributed by atoms with Crippen molar-refractivity contribution in [1.82, 2.24) is 4.57 Å². The molecule has 3 rings (SSSR count). The van der Waals surface area contributed by atoms with Gasteiger partial charge in [0.05, 0.1) is 0 Å². The minimum absolute atomic E-state index is 0.0212. The summed E-state index contributed by atoms with van der Waals surface area (Å²) in [5.74, 6) is -2.56. The van der Waals surface area contributed by atoms with Crippen LogP contribution in [-0.4, -0.2) is 39.9 Å². The first-order chi connectivity index (χ1) is 10.6. The lowest BCUT2D eigenvalue weighted by atomic mass is 10.2. The number of nitrogens with zero attached hydrogens (tertiary/aromatic N) is 1. The second-order valence-electron chi connectivity index (χ2n) is 4.73. The van der Waals surface area contributed by atoms with Crippen molar-refractivity contribution in [2.45, 2.75) is 6.54 Å². The smallest absolute Gasteiger partial charge is 0.356 e. The zero-order valence-corrected chi connectivity index (χ0v) is 11.5. The van der Waals surface area contributed by atoms with E-state index in [1.165, 1.54) is 4.57 Å². The molecule has 2 aromatic rings. The Morgan fingerprint density at radius 1 is 0.955 bits per heavy atom. The van der Waals surface area contributed by atoms with E-state index < -0.39 is 11.9 Å². The molecule has 0 unspecified atom stereocenters. The number of carboxylic acid groups (broad SMARTS) is 2. The largest absolute Gasteiger partial charge is 0.484 e. The van der Waals surface area contributed by atoms with Gasteiger partial charge in [-0.2, -0.15) is 0 Å². The molecule has 1 aromatic carbocycles. The Kier molecular flexibility index (Phi) is 3.46. The number of carboxylic acids is 2. The minimum Gasteiger partial charge on any atom is -0.484 e. The van der Waals surface area contributed by atoms with Crippen molar-refractivity contribution < 1.29 is 29.3 Å². The van der Waals surface area contributed by atoms with E-state index in [-0.39, 0.29) is 42.6 Å². The maximum atomic E-state index is 11.6. The maximum absolute atomic E-state index is 11.6. The Balaban J connectivity index is 2.19. The highest BCUT2D eigenvalue weighted by molar-refractivity contribution is 5.98. The van der Waals surface area contributed by atoms with E-state index in [4.69, 9.17) is 9.47 Å². The van der Waals surface area contributed by atoms with Gasteiger partial charge >= 0.3 is 11.9 Å². The first-order valence-electron chi connectivity index (χ1n) is 6.62. The lowest BCUT2D eigenvalue weighted by molar-refractivity contribution is 0.0676. The van der Waals surface area contributed by atoms with Crippen molar-refractivity contribution in [2.75, 3.05) is 13.2 Å². The van der Waals surface area contributed by atoms with Crippen LogP contribution < -0.4 is 9.47 Å². The molecule has 0 aliphatic carbocycles. The lowest BCUT2D eigenvalue weighted by Gasteiger charge is -2.15. The molecule has 0 radical (unpaired) electrons. The van der Waals surface area contributed by atoms with E-state index in [1.807, 2.05) is 6.07 Å². The highest BCUT2D eigenvalue weighted by Crippen LogP contribution is 2.40. The van der Waals surface area contributed by atoms with E-state index in [1.54, 1.807) is 24.3 Å². The molecule has 7 nitrogen and oxygen atoms in total. The SMILES string of the molecule is O=C(O)c1c2c(c(C(=O)O)n1Cc1ccccc1)OCCO2. The Morgan fingerprint density at radius 3 is 1.91 bits per heavy atom. The Morgan fingerprint density at radius 2 is 1.45 bits per heavy atom. The molecule has 0 spiro atoms. The van der Waals surface area contributed by atoms with Crippen molar-refractivity contribution in [3.63, 3.8) is 0 Å². The number of ether oxygens (including phenoxy) is 2. The van der Waals surface area contributed by atoms with Gasteiger partial charge in [0.25, 0.3) is 0 Å². The second-order valence-corrected chi connectivity index (χ2v) is 4.73. The summed E-state index contributed by atoms with van der Waals surface area (Å²) in [6.07, 6.45) is 0. The fourth-order valence-electron chi connectivity index (χ4n) is 2.48. The molecule has 1 aliphatic heterocycles. The van der Waals surface area contributed by atoms with Crippen LogP contribution >= 0.6 is 0 Å². The van der Waals surface area contributed by atoms with Crippen molar-refractivity contribution >= 4 is 11.9 Å². The number of fused-ring (bicyclic) bond motifs is 1. The van der Waals surface area contributed by atoms with Crippen molar-refractivity contribution in [3.8, 4) is 11.5 Å². The summed E-state index contributed by atoms with van der Waals surface area (Å²) in [6, 6.07) is 9.00. The van der Waals surface area contributed by atoms with Gasteiger partial charge in [-0.25, -0.2) is 9.59 Å². The second kappa shape index (κ2) is 5.44. The molecule has 1 aromatic heterocycles. The Bertz CT molecular complexity index is 693. The van der Waals surface area contributed by atoms with Crippen LogP contribution in [0.1, 0.15) is 26.5 Å². The molecule has 0 saturated carbocycles. The van der Waals surface area contributed by atoms with Gasteiger partial charge in [-0.1, -0.05) is 30.3 Å². The third-order valence-corrected chi connectivity index (χ3v) is 3.34. The van der Waals surface area contributed by atoms with Crippen molar-refractivity contribution in [1.29, 1.82) is 0 Å². The maximum Gasteiger partial charge on any atom is 0.356 e. The Labute approximate surface area is 125 Å². The number of carbonyl (C=O) groups is 2. The minimum atomic E-state index is -1.26. The molecule has 0 atom stereocenters. The number of benzene rings is 1. The summed E-state index contributed by atoms with van der Waals surface area (Å²) in [7, 11) is 0. The summed E-state index contributed by atoms with van der Waals surface area (Å²) in [4.78, 5) is 23.1. The molecule has 0 amide bonds. The fraction of sp³-hybridized carbons (Fsp3) is 0.200. The van der Waals surface area contributed by atoms with Crippen LogP contribution in [0.3, 0.4) is 0 Å². The molecule has 7 heteroatoms. The number of aromatic carboxylic acids is 2. The molecule has 0 fully saturated rings. The van der Waals surface area contributed by atoms with E-state index in [9.17, 15) is 19.8 Å². The zero-order valence-electron chi connectivity index (χ0n) is 11.5. The third-order valence-electron chi connectivity index (χ3n) is 3.34. The first-order valence-corrected chi connectivity index (χ1v) is 6.62. The van der Waals surface area contributed by atoms with Gasteiger partial charge in [-0.05, 0) is 5.56 Å². The lowest BCUT2D eigenvalue weighted by Crippen LogP contribution is -2.16. The standard InChI is InChI=1S/C15H13NO6/c17-14(18)10-12-13(22-7-6-21-12)11(15(19)20)16(10)8-9-4-2-1-3-5-9/h1-5H,6-8H2,(H,17,18)(H,19,20). The van der Waals surface area contributed by atoms with Crippen LogP contribution in [0.15, 0.2) is 30.3 Å². The molecule has 0 bridgehead atoms. The third kappa shape index (κ3) is 2.26. The average molecular weight is 303 g/mol. The quantitative estimate of drug-likeness (QED) is 0.892. The molecule has 0 saturated heterocycles. The van der Waals surface area contributed by atoms with Crippen LogP contribution in [0.25, 0.3) is 0 Å². The normalized spacial score (nSPS) is 12.9. The van der Waals surface area contributed by atoms with Crippen molar-refractivity contribution in [3.05, 3.63) is 47.3 Å². The molecule has 2 heterocycles. The van der Waals surface area contributed by atoms with Crippen LogP contribution in [0.5, 0.6) is 11.5 Å². The van der Waals surface area contributed by atoms with E-state index >= 15 is 0 Å². The Hall–Kier alpha value is -2.96. The topological polar surface area (TPSA) is 98.0 Å². The number of hydrogen-bond donors (Lipinski definition) is 2. The van der Waals surface area contributed by atoms with E-state index in [2.05, 4.69) is 0 Å². The van der Waals surface area contributed by atoms with Gasteiger partial charge in [-0.3, -0.25) is 0 Å². The molecular formula is C15H13NO6. The van der Waals surface area contributed by atoms with Gasteiger partial charge in [0, 0.05) is 6.54 Å². The first kappa shape index (κ1) is 14.0. The molecule has 2 N–H and O–H groups in total. The predicted octanol–water partition coefficient (Wildman–Crippen LogP) is 1.70. The van der Waals surface area contributed by atoms with Gasteiger partial charge in [0.15, 0.2) is 22.9 Å². The summed E-state index contributed by atoms with van der Waals surface area (Å²) >= 11 is 0. The van der Waals surface area contributed by atoms with Crippen LogP contribution in [0.2, 0.25) is 0 Å². The molecule has 1 aliphatic rings. The van der Waals surface area contributed by atoms with Crippen molar-refractivity contribution in [2.24, 2.45) is 0 Å². The van der Waals surface area contributed by atoms with Gasteiger partial charge in [0.1, 0.15) is 13.2 Å². The zero-order chi connectivity index (χ0) is 15.7. The molecule has 114 valence electrons. The molecular weight excluding hydrogens is 290 g/mol. The highest BCUT2D eigenvalue weighted by Gasteiger charge is 2.34. The van der Waals surface area contributed by atoms with Crippen LogP contribution in [-0.2, 0) is 6.54 Å². The van der Waals surface area contributed by atoms with Crippen LogP contribution in [0, 0.1) is 0 Å². The molecule has 22 heavy (non-hydrogen) atoms. The van der Waals surface area contributed by atoms with E-state index in [0.717, 1.165) is 5.56 Å². The average Bonchev–Trinajstić information content (AvgIpc) is 2.82.